The summed E-state index contributed by atoms with van der Waals surface area (Å²) in [6, 6.07) is 0. The Morgan fingerprint density at radius 1 is 1.27 bits per heavy atom. The van der Waals surface area contributed by atoms with E-state index in [-0.39, 0.29) is 5.41 Å². The zero-order valence-corrected chi connectivity index (χ0v) is 11.1. The average molecular weight is 212 g/mol. The number of nitrogens with zero attached hydrogens (tertiary/aromatic N) is 1. The third-order valence-electron chi connectivity index (χ3n) is 1.78. The molecule has 0 aliphatic heterocycles. The Morgan fingerprint density at radius 3 is 2.13 bits per heavy atom. The van der Waals surface area contributed by atoms with Crippen LogP contribution in [0.15, 0.2) is 4.42 Å². The molecule has 3 nitrogen and oxygen atoms in total. The molecule has 1 rings (SSSR count). The van der Waals surface area contributed by atoms with E-state index in [2.05, 4.69) is 31.1 Å². The molecule has 0 aliphatic rings. The van der Waals surface area contributed by atoms with Crippen LogP contribution in [0.3, 0.4) is 0 Å². The minimum Gasteiger partial charge on any atom is -0.443 e. The number of anilines is 1. The van der Waals surface area contributed by atoms with E-state index >= 15 is 0 Å². The Labute approximate surface area is 93.3 Å². The molecule has 0 bridgehead atoms. The molecular formula is C12H24N2O. The second-order valence-corrected chi connectivity index (χ2v) is 4.20. The maximum Gasteiger partial charge on any atom is 0.201 e. The predicted molar refractivity (Wildman–Crippen MR) is 65.5 cm³/mol. The molecule has 1 N–H and O–H groups in total. The summed E-state index contributed by atoms with van der Waals surface area (Å²) < 4.78 is 5.56. The second kappa shape index (κ2) is 5.79. The summed E-state index contributed by atoms with van der Waals surface area (Å²) >= 11 is 0. The standard InChI is InChI=1S/C10H18N2O.C2H6/c1-6-11-8-7(2)13-9(12-8)10(3,4)5;1-2/h11H,6H2,1-5H3;1-2H3. The van der Waals surface area contributed by atoms with Crippen LogP contribution in [0.5, 0.6) is 0 Å². The van der Waals surface area contributed by atoms with Crippen molar-refractivity contribution in [2.45, 2.75) is 53.9 Å². The lowest BCUT2D eigenvalue weighted by Crippen LogP contribution is -2.11. The number of oxazole rings is 1. The van der Waals surface area contributed by atoms with Gasteiger partial charge in [-0.1, -0.05) is 34.6 Å². The van der Waals surface area contributed by atoms with Crippen LogP contribution >= 0.6 is 0 Å². The molecule has 0 spiro atoms. The molecule has 0 saturated carbocycles. The van der Waals surface area contributed by atoms with Crippen LogP contribution in [0.1, 0.15) is 53.2 Å². The largest absolute Gasteiger partial charge is 0.443 e. The lowest BCUT2D eigenvalue weighted by Gasteiger charge is -2.11. The molecule has 0 radical (unpaired) electrons. The van der Waals surface area contributed by atoms with Crippen LogP contribution in [-0.4, -0.2) is 11.5 Å². The molecule has 1 aromatic rings. The van der Waals surface area contributed by atoms with Gasteiger partial charge in [-0.3, -0.25) is 0 Å². The fourth-order valence-electron chi connectivity index (χ4n) is 1.05. The van der Waals surface area contributed by atoms with Gasteiger partial charge in [0.15, 0.2) is 5.82 Å². The van der Waals surface area contributed by atoms with Crippen molar-refractivity contribution < 1.29 is 4.42 Å². The van der Waals surface area contributed by atoms with Crippen molar-refractivity contribution in [3.8, 4) is 0 Å². The summed E-state index contributed by atoms with van der Waals surface area (Å²) in [5, 5.41) is 3.16. The Hall–Kier alpha value is -0.990. The van der Waals surface area contributed by atoms with E-state index in [4.69, 9.17) is 4.42 Å². The molecule has 0 saturated heterocycles. The Morgan fingerprint density at radius 2 is 1.80 bits per heavy atom. The molecular weight excluding hydrogens is 188 g/mol. The third kappa shape index (κ3) is 3.94. The quantitative estimate of drug-likeness (QED) is 0.811. The van der Waals surface area contributed by atoms with Crippen LogP contribution in [0.2, 0.25) is 0 Å². The monoisotopic (exact) mass is 212 g/mol. The minimum absolute atomic E-state index is 0.0154. The molecule has 0 amide bonds. The zero-order chi connectivity index (χ0) is 12.1. The van der Waals surface area contributed by atoms with E-state index in [1.54, 1.807) is 0 Å². The van der Waals surface area contributed by atoms with E-state index in [0.29, 0.717) is 0 Å². The summed E-state index contributed by atoms with van der Waals surface area (Å²) in [4.78, 5) is 4.39. The second-order valence-electron chi connectivity index (χ2n) is 4.20. The highest BCUT2D eigenvalue weighted by Crippen LogP contribution is 2.25. The summed E-state index contributed by atoms with van der Waals surface area (Å²) in [6.07, 6.45) is 0. The van der Waals surface area contributed by atoms with E-state index < -0.39 is 0 Å². The molecule has 3 heteroatoms. The topological polar surface area (TPSA) is 38.1 Å². The van der Waals surface area contributed by atoms with E-state index in [1.807, 2.05) is 27.7 Å². The van der Waals surface area contributed by atoms with Gasteiger partial charge in [-0.15, -0.1) is 0 Å². The van der Waals surface area contributed by atoms with Gasteiger partial charge in [-0.25, -0.2) is 0 Å². The van der Waals surface area contributed by atoms with Gasteiger partial charge in [0.25, 0.3) is 0 Å². The predicted octanol–water partition coefficient (Wildman–Crippen LogP) is 3.74. The van der Waals surface area contributed by atoms with Crippen LogP contribution in [0.25, 0.3) is 0 Å². The number of hydrogen-bond donors (Lipinski definition) is 1. The van der Waals surface area contributed by atoms with Gasteiger partial charge >= 0.3 is 0 Å². The molecule has 0 aromatic carbocycles. The maximum absolute atomic E-state index is 5.56. The summed E-state index contributed by atoms with van der Waals surface area (Å²) in [7, 11) is 0. The van der Waals surface area contributed by atoms with Gasteiger partial charge in [0.1, 0.15) is 5.76 Å². The van der Waals surface area contributed by atoms with Crippen molar-refractivity contribution >= 4 is 5.82 Å². The lowest BCUT2D eigenvalue weighted by atomic mass is 9.97. The lowest BCUT2D eigenvalue weighted by molar-refractivity contribution is 0.380. The Kier molecular flexibility index (Phi) is 5.40. The molecule has 0 fully saturated rings. The first-order valence-electron chi connectivity index (χ1n) is 5.67. The molecule has 0 aliphatic carbocycles. The first-order chi connectivity index (χ1) is 6.95. The van der Waals surface area contributed by atoms with Crippen molar-refractivity contribution in [2.24, 2.45) is 0 Å². The van der Waals surface area contributed by atoms with E-state index in [0.717, 1.165) is 24.0 Å². The van der Waals surface area contributed by atoms with Crippen LogP contribution in [0, 0.1) is 6.92 Å². The Bertz CT molecular complexity index is 284. The molecule has 0 unspecified atom stereocenters. The zero-order valence-electron chi connectivity index (χ0n) is 11.1. The van der Waals surface area contributed by atoms with Crippen molar-refractivity contribution in [2.75, 3.05) is 11.9 Å². The van der Waals surface area contributed by atoms with Gasteiger partial charge in [-0.2, -0.15) is 4.98 Å². The number of nitrogens with one attached hydrogen (secondary N) is 1. The van der Waals surface area contributed by atoms with Gasteiger partial charge in [0, 0.05) is 12.0 Å². The van der Waals surface area contributed by atoms with Gasteiger partial charge in [0.05, 0.1) is 0 Å². The molecule has 1 aromatic heterocycles. The highest BCUT2D eigenvalue weighted by molar-refractivity contribution is 5.38. The molecule has 1 heterocycles. The number of aromatic nitrogens is 1. The highest BCUT2D eigenvalue weighted by Gasteiger charge is 2.21. The Balaban J connectivity index is 0.000000921. The summed E-state index contributed by atoms with van der Waals surface area (Å²) in [5.41, 5.74) is -0.0154. The van der Waals surface area contributed by atoms with Gasteiger partial charge < -0.3 is 9.73 Å². The first kappa shape index (κ1) is 14.0. The number of rotatable bonds is 2. The van der Waals surface area contributed by atoms with E-state index in [9.17, 15) is 0 Å². The van der Waals surface area contributed by atoms with Crippen molar-refractivity contribution in [1.82, 2.24) is 4.98 Å². The van der Waals surface area contributed by atoms with Gasteiger partial charge in [0.2, 0.25) is 5.89 Å². The maximum atomic E-state index is 5.56. The molecule has 15 heavy (non-hydrogen) atoms. The fourth-order valence-corrected chi connectivity index (χ4v) is 1.05. The summed E-state index contributed by atoms with van der Waals surface area (Å²) in [6.45, 7) is 15.1. The van der Waals surface area contributed by atoms with Crippen LogP contribution in [-0.2, 0) is 5.41 Å². The highest BCUT2D eigenvalue weighted by atomic mass is 16.4. The van der Waals surface area contributed by atoms with Crippen molar-refractivity contribution in [3.05, 3.63) is 11.7 Å². The first-order valence-corrected chi connectivity index (χ1v) is 5.67. The SMILES string of the molecule is CC.CCNc1nc(C(C)(C)C)oc1C. The van der Waals surface area contributed by atoms with Crippen molar-refractivity contribution in [3.63, 3.8) is 0 Å². The molecule has 88 valence electrons. The fraction of sp³-hybridized carbons (Fsp3) is 0.750. The number of aryl methyl sites for hydroxylation is 1. The van der Waals surface area contributed by atoms with Crippen molar-refractivity contribution in [1.29, 1.82) is 0 Å². The minimum atomic E-state index is -0.0154. The average Bonchev–Trinajstić information content (AvgIpc) is 2.52. The normalized spacial score (nSPS) is 10.6. The van der Waals surface area contributed by atoms with Crippen LogP contribution < -0.4 is 5.32 Å². The smallest absolute Gasteiger partial charge is 0.201 e. The van der Waals surface area contributed by atoms with Gasteiger partial charge in [-0.05, 0) is 13.8 Å². The number of hydrogen-bond acceptors (Lipinski definition) is 3. The van der Waals surface area contributed by atoms with Crippen LogP contribution in [0.4, 0.5) is 5.82 Å². The third-order valence-corrected chi connectivity index (χ3v) is 1.78. The summed E-state index contributed by atoms with van der Waals surface area (Å²) in [5.74, 6) is 2.53. The molecule has 0 atom stereocenters. The van der Waals surface area contributed by atoms with E-state index in [1.165, 1.54) is 0 Å².